The maximum absolute atomic E-state index is 11.8. The van der Waals surface area contributed by atoms with E-state index in [0.29, 0.717) is 0 Å². The number of alkyl halides is 3. The number of hydrogen-bond acceptors (Lipinski definition) is 4. The Hall–Kier alpha value is -1.84. The molecule has 0 radical (unpaired) electrons. The summed E-state index contributed by atoms with van der Waals surface area (Å²) in [6.45, 7) is -1.67. The summed E-state index contributed by atoms with van der Waals surface area (Å²) in [7, 11) is 0. The molecule has 1 saturated heterocycles. The van der Waals surface area contributed by atoms with Crippen LogP contribution in [0.1, 0.15) is 12.8 Å². The Kier molecular flexibility index (Phi) is 4.93. The Bertz CT molecular complexity index is 404. The highest BCUT2D eigenvalue weighted by Gasteiger charge is 2.44. The molecule has 0 saturated carbocycles. The molecule has 0 aromatic carbocycles. The third kappa shape index (κ3) is 4.68. The van der Waals surface area contributed by atoms with Crippen molar-refractivity contribution in [1.82, 2.24) is 10.6 Å². The van der Waals surface area contributed by atoms with E-state index in [-0.39, 0.29) is 19.6 Å². The van der Waals surface area contributed by atoms with E-state index in [1.165, 1.54) is 5.32 Å². The molecule has 10 heteroatoms. The Morgan fingerprint density at radius 1 is 1.25 bits per heavy atom. The molecule has 20 heavy (non-hydrogen) atoms. The van der Waals surface area contributed by atoms with Crippen molar-refractivity contribution in [3.63, 3.8) is 0 Å². The normalized spacial score (nSPS) is 22.4. The molecule has 7 nitrogen and oxygen atoms in total. The van der Waals surface area contributed by atoms with Crippen molar-refractivity contribution < 1.29 is 37.4 Å². The van der Waals surface area contributed by atoms with Crippen LogP contribution in [0.4, 0.5) is 13.2 Å². The standard InChI is InChI=1S/C10H13F3N2O5/c11-10(12,13)4-14-6(16)3-7(17)15-9(8(18)19)1-2-20-5-9/h1-5H2,(H,14,16)(H,15,17)(H,18,19). The predicted molar refractivity (Wildman–Crippen MR) is 57.6 cm³/mol. The molecular formula is C10H13F3N2O5. The van der Waals surface area contributed by atoms with Crippen LogP contribution in [0.3, 0.4) is 0 Å². The van der Waals surface area contributed by atoms with Crippen LogP contribution in [-0.2, 0) is 19.1 Å². The van der Waals surface area contributed by atoms with Crippen LogP contribution >= 0.6 is 0 Å². The van der Waals surface area contributed by atoms with Crippen LogP contribution in [0.5, 0.6) is 0 Å². The quantitative estimate of drug-likeness (QED) is 0.589. The lowest BCUT2D eigenvalue weighted by atomic mass is 9.99. The van der Waals surface area contributed by atoms with Gasteiger partial charge in [0.15, 0.2) is 5.54 Å². The van der Waals surface area contributed by atoms with Gasteiger partial charge in [-0.15, -0.1) is 0 Å². The van der Waals surface area contributed by atoms with Crippen LogP contribution in [0, 0.1) is 0 Å². The Morgan fingerprint density at radius 2 is 1.90 bits per heavy atom. The largest absolute Gasteiger partial charge is 0.479 e. The second kappa shape index (κ2) is 6.07. The number of rotatable bonds is 5. The second-order valence-corrected chi connectivity index (χ2v) is 4.31. The molecule has 0 spiro atoms. The monoisotopic (exact) mass is 298 g/mol. The van der Waals surface area contributed by atoms with Crippen LogP contribution in [-0.4, -0.2) is 54.4 Å². The fourth-order valence-corrected chi connectivity index (χ4v) is 1.60. The van der Waals surface area contributed by atoms with E-state index in [2.05, 4.69) is 5.32 Å². The van der Waals surface area contributed by atoms with Crippen molar-refractivity contribution in [3.05, 3.63) is 0 Å². The summed E-state index contributed by atoms with van der Waals surface area (Å²) in [5.41, 5.74) is -1.62. The molecule has 2 amide bonds. The molecular weight excluding hydrogens is 285 g/mol. The third-order valence-electron chi connectivity index (χ3n) is 2.62. The highest BCUT2D eigenvalue weighted by atomic mass is 19.4. The lowest BCUT2D eigenvalue weighted by Gasteiger charge is -2.23. The van der Waals surface area contributed by atoms with E-state index >= 15 is 0 Å². The number of carbonyl (C=O) groups excluding carboxylic acids is 2. The number of carbonyl (C=O) groups is 3. The first-order chi connectivity index (χ1) is 9.15. The topological polar surface area (TPSA) is 105 Å². The van der Waals surface area contributed by atoms with Gasteiger partial charge in [0.25, 0.3) is 0 Å². The maximum atomic E-state index is 11.8. The van der Waals surface area contributed by atoms with Gasteiger partial charge in [-0.2, -0.15) is 13.2 Å². The van der Waals surface area contributed by atoms with Gasteiger partial charge in [-0.05, 0) is 0 Å². The summed E-state index contributed by atoms with van der Waals surface area (Å²) in [6.07, 6.45) is -5.43. The molecule has 0 aromatic rings. The molecule has 1 aliphatic heterocycles. The smallest absolute Gasteiger partial charge is 0.405 e. The van der Waals surface area contributed by atoms with E-state index in [9.17, 15) is 27.6 Å². The van der Waals surface area contributed by atoms with Gasteiger partial charge < -0.3 is 20.5 Å². The summed E-state index contributed by atoms with van der Waals surface area (Å²) in [4.78, 5) is 33.6. The van der Waals surface area contributed by atoms with Gasteiger partial charge >= 0.3 is 12.1 Å². The number of ether oxygens (including phenoxy) is 1. The Morgan fingerprint density at radius 3 is 2.35 bits per heavy atom. The zero-order valence-corrected chi connectivity index (χ0v) is 10.2. The van der Waals surface area contributed by atoms with Crippen LogP contribution in [0.25, 0.3) is 0 Å². The van der Waals surface area contributed by atoms with Gasteiger partial charge in [-0.25, -0.2) is 4.79 Å². The van der Waals surface area contributed by atoms with Crippen LogP contribution in [0.15, 0.2) is 0 Å². The zero-order chi connectivity index (χ0) is 15.4. The van der Waals surface area contributed by atoms with Crippen molar-refractivity contribution in [2.75, 3.05) is 19.8 Å². The Labute approximate surface area is 111 Å². The third-order valence-corrected chi connectivity index (χ3v) is 2.62. The molecule has 0 aliphatic carbocycles. The van der Waals surface area contributed by atoms with Crippen LogP contribution in [0.2, 0.25) is 0 Å². The molecule has 1 rings (SSSR count). The fraction of sp³-hybridized carbons (Fsp3) is 0.700. The molecule has 3 N–H and O–H groups in total. The minimum absolute atomic E-state index is 0.0260. The molecule has 0 aromatic heterocycles. The molecule has 114 valence electrons. The highest BCUT2D eigenvalue weighted by Crippen LogP contribution is 2.19. The first-order valence-corrected chi connectivity index (χ1v) is 5.60. The number of amides is 2. The van der Waals surface area contributed by atoms with Gasteiger partial charge in [-0.1, -0.05) is 0 Å². The van der Waals surface area contributed by atoms with Crippen molar-refractivity contribution in [2.45, 2.75) is 24.6 Å². The van der Waals surface area contributed by atoms with Crippen molar-refractivity contribution >= 4 is 17.8 Å². The molecule has 1 atom stereocenters. The lowest BCUT2D eigenvalue weighted by Crippen LogP contribution is -2.55. The summed E-state index contributed by atoms with van der Waals surface area (Å²) in [5, 5.41) is 12.6. The van der Waals surface area contributed by atoms with E-state index in [1.54, 1.807) is 0 Å². The summed E-state index contributed by atoms with van der Waals surface area (Å²) in [5.74, 6) is -3.43. The second-order valence-electron chi connectivity index (χ2n) is 4.31. The lowest BCUT2D eigenvalue weighted by molar-refractivity contribution is -0.148. The number of hydrogen-bond donors (Lipinski definition) is 3. The van der Waals surface area contributed by atoms with Gasteiger partial charge in [-0.3, -0.25) is 9.59 Å². The first kappa shape index (κ1) is 16.2. The van der Waals surface area contributed by atoms with Crippen molar-refractivity contribution in [1.29, 1.82) is 0 Å². The highest BCUT2D eigenvalue weighted by molar-refractivity contribution is 5.99. The number of carboxylic acids is 1. The van der Waals surface area contributed by atoms with Gasteiger partial charge in [0, 0.05) is 13.0 Å². The minimum atomic E-state index is -4.58. The van der Waals surface area contributed by atoms with E-state index in [4.69, 9.17) is 9.84 Å². The molecule has 1 fully saturated rings. The molecule has 1 unspecified atom stereocenters. The number of aliphatic carboxylic acids is 1. The average Bonchev–Trinajstić information content (AvgIpc) is 2.75. The fourth-order valence-electron chi connectivity index (χ4n) is 1.60. The summed E-state index contributed by atoms with van der Waals surface area (Å²) < 4.78 is 40.4. The maximum Gasteiger partial charge on any atom is 0.405 e. The first-order valence-electron chi connectivity index (χ1n) is 5.60. The zero-order valence-electron chi connectivity index (χ0n) is 10.2. The van der Waals surface area contributed by atoms with E-state index < -0.39 is 42.5 Å². The van der Waals surface area contributed by atoms with E-state index in [0.717, 1.165) is 0 Å². The van der Waals surface area contributed by atoms with Crippen molar-refractivity contribution in [2.24, 2.45) is 0 Å². The van der Waals surface area contributed by atoms with Crippen molar-refractivity contribution in [3.8, 4) is 0 Å². The van der Waals surface area contributed by atoms with Gasteiger partial charge in [0.05, 0.1) is 6.61 Å². The Balaban J connectivity index is 2.46. The number of nitrogens with one attached hydrogen (secondary N) is 2. The van der Waals surface area contributed by atoms with E-state index in [1.807, 2.05) is 0 Å². The predicted octanol–water partition coefficient (Wildman–Crippen LogP) is -0.585. The molecule has 1 heterocycles. The summed E-state index contributed by atoms with van der Waals surface area (Å²) in [6, 6.07) is 0. The van der Waals surface area contributed by atoms with Gasteiger partial charge in [0.2, 0.25) is 11.8 Å². The minimum Gasteiger partial charge on any atom is -0.479 e. The van der Waals surface area contributed by atoms with Crippen LogP contribution < -0.4 is 10.6 Å². The molecule has 0 bridgehead atoms. The average molecular weight is 298 g/mol. The van der Waals surface area contributed by atoms with Gasteiger partial charge in [0.1, 0.15) is 13.0 Å². The SMILES string of the molecule is O=C(CC(=O)NC1(C(=O)O)CCOC1)NCC(F)(F)F. The molecule has 1 aliphatic rings. The number of carboxylic acid groups (broad SMARTS) is 1. The summed E-state index contributed by atoms with van der Waals surface area (Å²) >= 11 is 0. The number of halogens is 3.